The molecule has 23 heavy (non-hydrogen) atoms. The molecule has 130 valence electrons. The van der Waals surface area contributed by atoms with Crippen molar-refractivity contribution in [3.05, 3.63) is 17.5 Å². The second kappa shape index (κ2) is 8.86. The van der Waals surface area contributed by atoms with Gasteiger partial charge in [-0.1, -0.05) is 6.42 Å². The molecule has 0 radical (unpaired) electrons. The zero-order chi connectivity index (χ0) is 15.4. The second-order valence-corrected chi connectivity index (χ2v) is 6.41. The Morgan fingerprint density at radius 2 is 2.13 bits per heavy atom. The quantitative estimate of drug-likeness (QED) is 0.436. The Morgan fingerprint density at radius 1 is 1.35 bits per heavy atom. The molecule has 0 spiro atoms. The lowest BCUT2D eigenvalue weighted by Crippen LogP contribution is -2.44. The predicted molar refractivity (Wildman–Crippen MR) is 104 cm³/mol. The van der Waals surface area contributed by atoms with E-state index in [1.54, 1.807) is 0 Å². The Bertz CT molecular complexity index is 508. The van der Waals surface area contributed by atoms with Crippen molar-refractivity contribution in [1.29, 1.82) is 0 Å². The molecule has 1 atom stereocenters. The summed E-state index contributed by atoms with van der Waals surface area (Å²) >= 11 is 0. The number of nitrogens with one attached hydrogen (secondary N) is 2. The van der Waals surface area contributed by atoms with Crippen LogP contribution in [0.15, 0.2) is 11.2 Å². The van der Waals surface area contributed by atoms with Crippen LogP contribution in [0.2, 0.25) is 0 Å². The van der Waals surface area contributed by atoms with Crippen LogP contribution in [0.25, 0.3) is 0 Å². The van der Waals surface area contributed by atoms with E-state index in [-0.39, 0.29) is 24.0 Å². The molecule has 7 heteroatoms. The van der Waals surface area contributed by atoms with Crippen molar-refractivity contribution in [1.82, 2.24) is 25.3 Å². The lowest BCUT2D eigenvalue weighted by molar-refractivity contribution is 0.168. The molecular formula is C16H29IN6. The highest BCUT2D eigenvalue weighted by molar-refractivity contribution is 14.0. The minimum absolute atomic E-state index is 0. The maximum Gasteiger partial charge on any atom is 0.193 e. The highest BCUT2D eigenvalue weighted by atomic mass is 127. The molecule has 0 aromatic carbocycles. The number of hydrogen-bond donors (Lipinski definition) is 2. The van der Waals surface area contributed by atoms with Crippen LogP contribution >= 0.6 is 24.0 Å². The van der Waals surface area contributed by atoms with E-state index in [1.807, 2.05) is 13.2 Å². The van der Waals surface area contributed by atoms with Gasteiger partial charge in [0.05, 0.1) is 6.20 Å². The predicted octanol–water partition coefficient (Wildman–Crippen LogP) is 1.97. The average molecular weight is 432 g/mol. The highest BCUT2D eigenvalue weighted by Crippen LogP contribution is 2.20. The summed E-state index contributed by atoms with van der Waals surface area (Å²) in [5, 5.41) is 10.5. The number of hydrogen-bond acceptors (Lipinski definition) is 3. The number of halogens is 1. The van der Waals surface area contributed by atoms with Gasteiger partial charge in [-0.05, 0) is 39.3 Å². The molecule has 2 aliphatic rings. The van der Waals surface area contributed by atoms with Gasteiger partial charge in [-0.2, -0.15) is 5.10 Å². The number of guanidine groups is 1. The summed E-state index contributed by atoms with van der Waals surface area (Å²) in [6, 6.07) is 0.703. The fourth-order valence-corrected chi connectivity index (χ4v) is 3.58. The third-order valence-electron chi connectivity index (χ3n) is 4.95. The van der Waals surface area contributed by atoms with Crippen LogP contribution in [0.4, 0.5) is 0 Å². The SMILES string of the molecule is CN=C(NCc1cn[nH]c1C)N1CCC(N2CCCCC2)C1.I. The summed E-state index contributed by atoms with van der Waals surface area (Å²) in [6.45, 7) is 7.58. The molecule has 0 aliphatic carbocycles. The molecule has 2 aliphatic heterocycles. The first-order valence-corrected chi connectivity index (χ1v) is 8.46. The Labute approximate surface area is 156 Å². The number of rotatable bonds is 3. The third-order valence-corrected chi connectivity index (χ3v) is 4.95. The first kappa shape index (κ1) is 18.5. The molecule has 1 aromatic heterocycles. The molecular weight excluding hydrogens is 403 g/mol. The smallest absolute Gasteiger partial charge is 0.193 e. The minimum atomic E-state index is 0. The van der Waals surface area contributed by atoms with Crippen molar-refractivity contribution >= 4 is 29.9 Å². The van der Waals surface area contributed by atoms with Crippen molar-refractivity contribution in [3.63, 3.8) is 0 Å². The van der Waals surface area contributed by atoms with E-state index in [9.17, 15) is 0 Å². The maximum absolute atomic E-state index is 4.46. The van der Waals surface area contributed by atoms with Gasteiger partial charge >= 0.3 is 0 Å². The fourth-order valence-electron chi connectivity index (χ4n) is 3.58. The fraction of sp³-hybridized carbons (Fsp3) is 0.750. The monoisotopic (exact) mass is 432 g/mol. The van der Waals surface area contributed by atoms with E-state index in [0.717, 1.165) is 31.3 Å². The minimum Gasteiger partial charge on any atom is -0.352 e. The number of nitrogens with zero attached hydrogens (tertiary/aromatic N) is 4. The summed E-state index contributed by atoms with van der Waals surface area (Å²) in [6.07, 6.45) is 7.27. The Kier molecular flexibility index (Phi) is 7.13. The van der Waals surface area contributed by atoms with Crippen molar-refractivity contribution in [2.75, 3.05) is 33.2 Å². The van der Waals surface area contributed by atoms with E-state index >= 15 is 0 Å². The lowest BCUT2D eigenvalue weighted by Gasteiger charge is -2.32. The van der Waals surface area contributed by atoms with Crippen LogP contribution in [0.1, 0.15) is 36.9 Å². The molecule has 1 aromatic rings. The summed E-state index contributed by atoms with van der Waals surface area (Å²) in [5.74, 6) is 1.01. The molecule has 2 N–H and O–H groups in total. The number of likely N-dealkylation sites (tertiary alicyclic amines) is 2. The third kappa shape index (κ3) is 4.59. The molecule has 2 fully saturated rings. The van der Waals surface area contributed by atoms with Crippen LogP contribution in [0, 0.1) is 6.92 Å². The summed E-state index contributed by atoms with van der Waals surface area (Å²) in [5.41, 5.74) is 2.32. The Hall–Kier alpha value is -0.830. The number of aromatic amines is 1. The molecule has 6 nitrogen and oxygen atoms in total. The van der Waals surface area contributed by atoms with Gasteiger partial charge in [-0.15, -0.1) is 24.0 Å². The second-order valence-electron chi connectivity index (χ2n) is 6.41. The average Bonchev–Trinajstić information content (AvgIpc) is 3.19. The zero-order valence-electron chi connectivity index (χ0n) is 14.2. The normalized spacial score (nSPS) is 23.0. The molecule has 1 unspecified atom stereocenters. The Balaban J connectivity index is 0.00000192. The Morgan fingerprint density at radius 3 is 2.78 bits per heavy atom. The van der Waals surface area contributed by atoms with E-state index < -0.39 is 0 Å². The van der Waals surface area contributed by atoms with Gasteiger partial charge in [0.15, 0.2) is 5.96 Å². The van der Waals surface area contributed by atoms with Gasteiger partial charge < -0.3 is 10.2 Å². The molecule has 3 heterocycles. The van der Waals surface area contributed by atoms with Gasteiger partial charge in [-0.3, -0.25) is 15.0 Å². The molecule has 3 rings (SSSR count). The van der Waals surface area contributed by atoms with Gasteiger partial charge in [0.25, 0.3) is 0 Å². The number of aliphatic imine (C=N–C) groups is 1. The van der Waals surface area contributed by atoms with Gasteiger partial charge in [0.1, 0.15) is 0 Å². The van der Waals surface area contributed by atoms with E-state index in [2.05, 4.69) is 37.2 Å². The molecule has 0 bridgehead atoms. The summed E-state index contributed by atoms with van der Waals surface area (Å²) in [4.78, 5) is 9.54. The number of piperidine rings is 1. The lowest BCUT2D eigenvalue weighted by atomic mass is 10.1. The molecule has 0 amide bonds. The first-order valence-electron chi connectivity index (χ1n) is 8.46. The van der Waals surface area contributed by atoms with Crippen molar-refractivity contribution in [2.24, 2.45) is 4.99 Å². The van der Waals surface area contributed by atoms with Gasteiger partial charge in [0, 0.05) is 44.0 Å². The van der Waals surface area contributed by atoms with Crippen LogP contribution in [0.5, 0.6) is 0 Å². The maximum atomic E-state index is 4.46. The highest BCUT2D eigenvalue weighted by Gasteiger charge is 2.29. The van der Waals surface area contributed by atoms with Crippen LogP contribution < -0.4 is 5.32 Å². The van der Waals surface area contributed by atoms with Crippen molar-refractivity contribution in [2.45, 2.75) is 45.2 Å². The number of aryl methyl sites for hydroxylation is 1. The zero-order valence-corrected chi connectivity index (χ0v) is 16.5. The molecule has 2 saturated heterocycles. The first-order chi connectivity index (χ1) is 10.8. The van der Waals surface area contributed by atoms with E-state index in [1.165, 1.54) is 44.3 Å². The van der Waals surface area contributed by atoms with Crippen molar-refractivity contribution in [3.8, 4) is 0 Å². The number of H-pyrrole nitrogens is 1. The van der Waals surface area contributed by atoms with Crippen molar-refractivity contribution < 1.29 is 0 Å². The number of aromatic nitrogens is 2. The largest absolute Gasteiger partial charge is 0.352 e. The summed E-state index contributed by atoms with van der Waals surface area (Å²) < 4.78 is 0. The van der Waals surface area contributed by atoms with Gasteiger partial charge in [0.2, 0.25) is 0 Å². The van der Waals surface area contributed by atoms with E-state index in [4.69, 9.17) is 0 Å². The molecule has 0 saturated carbocycles. The standard InChI is InChI=1S/C16H28N6.HI/c1-13-14(11-19-20-13)10-18-16(17-2)22-9-6-15(12-22)21-7-4-3-5-8-21;/h11,15H,3-10,12H2,1-2H3,(H,17,18)(H,19,20);1H. The van der Waals surface area contributed by atoms with Crippen LogP contribution in [0.3, 0.4) is 0 Å². The van der Waals surface area contributed by atoms with E-state index in [0.29, 0.717) is 6.04 Å². The van der Waals surface area contributed by atoms with Crippen LogP contribution in [-0.4, -0.2) is 65.2 Å². The van der Waals surface area contributed by atoms with Crippen LogP contribution in [-0.2, 0) is 6.54 Å². The summed E-state index contributed by atoms with van der Waals surface area (Å²) in [7, 11) is 1.87. The van der Waals surface area contributed by atoms with Gasteiger partial charge in [-0.25, -0.2) is 0 Å². The topological polar surface area (TPSA) is 59.6 Å².